The second-order valence-electron chi connectivity index (χ2n) is 5.27. The summed E-state index contributed by atoms with van der Waals surface area (Å²) in [5, 5.41) is 25.0. The van der Waals surface area contributed by atoms with Crippen LogP contribution in [-0.4, -0.2) is 28.5 Å². The summed E-state index contributed by atoms with van der Waals surface area (Å²) in [5.74, 6) is -0.886. The minimum atomic E-state index is -0.886. The summed E-state index contributed by atoms with van der Waals surface area (Å²) in [5.41, 5.74) is -2.25. The number of hydrogen-bond donors (Lipinski definition) is 1. The van der Waals surface area contributed by atoms with Crippen molar-refractivity contribution in [3.8, 4) is 0 Å². The van der Waals surface area contributed by atoms with Crippen LogP contribution in [0.15, 0.2) is 12.1 Å². The fourth-order valence-electron chi connectivity index (χ4n) is 1.64. The first-order valence-electron chi connectivity index (χ1n) is 5.90. The Hall–Kier alpha value is -2.71. The molecule has 0 aliphatic carbocycles. The zero-order valence-electron chi connectivity index (χ0n) is 12.0. The standard InChI is InChI=1S/C12H15N3O6/c1-12(2,3)13-10-8(14(17)18)5-7(11(16)21-4)6-9(10)15(19)20/h5-6,13H,1-4H3. The normalized spacial score (nSPS) is 10.9. The van der Waals surface area contributed by atoms with Gasteiger partial charge in [0.1, 0.15) is 0 Å². The van der Waals surface area contributed by atoms with Crippen LogP contribution >= 0.6 is 0 Å². The van der Waals surface area contributed by atoms with Crippen LogP contribution < -0.4 is 5.32 Å². The Labute approximate surface area is 120 Å². The maximum atomic E-state index is 11.5. The number of anilines is 1. The first kappa shape index (κ1) is 16.3. The second kappa shape index (κ2) is 5.73. The van der Waals surface area contributed by atoms with Crippen molar-refractivity contribution in [2.24, 2.45) is 0 Å². The number of carbonyl (C=O) groups is 1. The summed E-state index contributed by atoms with van der Waals surface area (Å²) >= 11 is 0. The van der Waals surface area contributed by atoms with Gasteiger partial charge in [-0.3, -0.25) is 20.2 Å². The molecule has 0 aliphatic heterocycles. The molecule has 0 aliphatic rings. The van der Waals surface area contributed by atoms with E-state index in [1.165, 1.54) is 0 Å². The van der Waals surface area contributed by atoms with Crippen LogP contribution in [0.1, 0.15) is 31.1 Å². The summed E-state index contributed by atoms with van der Waals surface area (Å²) in [7, 11) is 1.08. The number of carbonyl (C=O) groups excluding carboxylic acids is 1. The highest BCUT2D eigenvalue weighted by molar-refractivity contribution is 5.93. The van der Waals surface area contributed by atoms with Gasteiger partial charge in [-0.1, -0.05) is 0 Å². The van der Waals surface area contributed by atoms with Gasteiger partial charge < -0.3 is 10.1 Å². The number of rotatable bonds is 4. The minimum absolute atomic E-state index is 0.245. The van der Waals surface area contributed by atoms with E-state index in [1.807, 2.05) is 0 Å². The predicted molar refractivity (Wildman–Crippen MR) is 74.5 cm³/mol. The van der Waals surface area contributed by atoms with E-state index in [-0.39, 0.29) is 11.3 Å². The maximum Gasteiger partial charge on any atom is 0.338 e. The van der Waals surface area contributed by atoms with Crippen molar-refractivity contribution in [2.45, 2.75) is 26.3 Å². The number of nitrogens with one attached hydrogen (secondary N) is 1. The van der Waals surface area contributed by atoms with E-state index in [9.17, 15) is 25.0 Å². The van der Waals surface area contributed by atoms with Crippen molar-refractivity contribution in [3.63, 3.8) is 0 Å². The fourth-order valence-corrected chi connectivity index (χ4v) is 1.64. The number of hydrogen-bond acceptors (Lipinski definition) is 7. The molecule has 1 aromatic carbocycles. The van der Waals surface area contributed by atoms with Gasteiger partial charge in [-0.25, -0.2) is 4.79 Å². The monoisotopic (exact) mass is 297 g/mol. The highest BCUT2D eigenvalue weighted by Gasteiger charge is 2.31. The molecular formula is C12H15N3O6. The minimum Gasteiger partial charge on any atom is -0.465 e. The topological polar surface area (TPSA) is 125 Å². The van der Waals surface area contributed by atoms with Crippen molar-refractivity contribution in [1.82, 2.24) is 0 Å². The molecule has 0 unspecified atom stereocenters. The third-order valence-corrected chi connectivity index (χ3v) is 2.41. The van der Waals surface area contributed by atoms with Crippen LogP contribution in [0.2, 0.25) is 0 Å². The van der Waals surface area contributed by atoms with E-state index < -0.39 is 32.7 Å². The van der Waals surface area contributed by atoms with Gasteiger partial charge in [0.2, 0.25) is 0 Å². The molecule has 0 radical (unpaired) electrons. The molecule has 0 saturated carbocycles. The molecule has 1 N–H and O–H groups in total. The Morgan fingerprint density at radius 2 is 1.57 bits per heavy atom. The number of ether oxygens (including phenoxy) is 1. The maximum absolute atomic E-state index is 11.5. The van der Waals surface area contributed by atoms with Gasteiger partial charge >= 0.3 is 5.97 Å². The molecule has 21 heavy (non-hydrogen) atoms. The molecular weight excluding hydrogens is 282 g/mol. The van der Waals surface area contributed by atoms with Gasteiger partial charge in [-0.15, -0.1) is 0 Å². The van der Waals surface area contributed by atoms with E-state index >= 15 is 0 Å². The lowest BCUT2D eigenvalue weighted by Gasteiger charge is -2.21. The molecule has 114 valence electrons. The van der Waals surface area contributed by atoms with Crippen molar-refractivity contribution >= 4 is 23.0 Å². The molecule has 1 rings (SSSR count). The van der Waals surface area contributed by atoms with Gasteiger partial charge in [0.25, 0.3) is 11.4 Å². The highest BCUT2D eigenvalue weighted by atomic mass is 16.6. The second-order valence-corrected chi connectivity index (χ2v) is 5.27. The molecule has 0 aromatic heterocycles. The van der Waals surface area contributed by atoms with Crippen LogP contribution in [0.4, 0.5) is 17.1 Å². The summed E-state index contributed by atoms with van der Waals surface area (Å²) < 4.78 is 4.44. The zero-order valence-corrected chi connectivity index (χ0v) is 12.0. The molecule has 1 aromatic rings. The molecule has 0 bridgehead atoms. The largest absolute Gasteiger partial charge is 0.465 e. The SMILES string of the molecule is COC(=O)c1cc([N+](=O)[O-])c(NC(C)(C)C)c([N+](=O)[O-])c1. The van der Waals surface area contributed by atoms with Gasteiger partial charge in [0, 0.05) is 17.7 Å². The molecule has 9 heteroatoms. The van der Waals surface area contributed by atoms with E-state index in [1.54, 1.807) is 20.8 Å². The number of nitro benzene ring substituents is 2. The fraction of sp³-hybridized carbons (Fsp3) is 0.417. The van der Waals surface area contributed by atoms with Crippen LogP contribution in [0.3, 0.4) is 0 Å². The van der Waals surface area contributed by atoms with Crippen molar-refractivity contribution in [1.29, 1.82) is 0 Å². The number of methoxy groups -OCH3 is 1. The number of nitro groups is 2. The van der Waals surface area contributed by atoms with Crippen LogP contribution in [0.25, 0.3) is 0 Å². The van der Waals surface area contributed by atoms with Crippen molar-refractivity contribution in [2.75, 3.05) is 12.4 Å². The average molecular weight is 297 g/mol. The molecule has 0 amide bonds. The van der Waals surface area contributed by atoms with Crippen LogP contribution in [0, 0.1) is 20.2 Å². The van der Waals surface area contributed by atoms with E-state index in [2.05, 4.69) is 10.1 Å². The Bertz CT molecular complexity index is 570. The first-order chi connectivity index (χ1) is 9.56. The molecule has 0 spiro atoms. The van der Waals surface area contributed by atoms with Gasteiger partial charge in [-0.05, 0) is 20.8 Å². The van der Waals surface area contributed by atoms with Crippen LogP contribution in [-0.2, 0) is 4.74 Å². The Balaban J connectivity index is 3.62. The van der Waals surface area contributed by atoms with Gasteiger partial charge in [0.15, 0.2) is 5.69 Å². The molecule has 0 heterocycles. The summed E-state index contributed by atoms with van der Waals surface area (Å²) in [6, 6.07) is 1.90. The summed E-state index contributed by atoms with van der Waals surface area (Å²) in [6.07, 6.45) is 0. The number of nitrogens with zero attached hydrogens (tertiary/aromatic N) is 2. The van der Waals surface area contributed by atoms with Gasteiger partial charge in [-0.2, -0.15) is 0 Å². The van der Waals surface area contributed by atoms with Gasteiger partial charge in [0.05, 0.1) is 22.5 Å². The first-order valence-corrected chi connectivity index (χ1v) is 5.90. The number of benzene rings is 1. The van der Waals surface area contributed by atoms with Crippen molar-refractivity contribution < 1.29 is 19.4 Å². The quantitative estimate of drug-likeness (QED) is 0.514. The smallest absolute Gasteiger partial charge is 0.338 e. The van der Waals surface area contributed by atoms with E-state index in [0.29, 0.717) is 0 Å². The third kappa shape index (κ3) is 3.88. The molecule has 0 saturated heterocycles. The van der Waals surface area contributed by atoms with Crippen molar-refractivity contribution in [3.05, 3.63) is 37.9 Å². The Kier molecular flexibility index (Phi) is 4.46. The van der Waals surface area contributed by atoms with E-state index in [4.69, 9.17) is 0 Å². The highest BCUT2D eigenvalue weighted by Crippen LogP contribution is 2.37. The molecule has 9 nitrogen and oxygen atoms in total. The Morgan fingerprint density at radius 1 is 1.14 bits per heavy atom. The zero-order chi connectivity index (χ0) is 16.4. The van der Waals surface area contributed by atoms with E-state index in [0.717, 1.165) is 19.2 Å². The lowest BCUT2D eigenvalue weighted by Crippen LogP contribution is -2.27. The van der Waals surface area contributed by atoms with Crippen LogP contribution in [0.5, 0.6) is 0 Å². The molecule has 0 atom stereocenters. The lowest BCUT2D eigenvalue weighted by atomic mass is 10.1. The number of esters is 1. The summed E-state index contributed by atoms with van der Waals surface area (Å²) in [4.78, 5) is 32.2. The third-order valence-electron chi connectivity index (χ3n) is 2.41. The summed E-state index contributed by atoms with van der Waals surface area (Å²) in [6.45, 7) is 5.11. The average Bonchev–Trinajstić information content (AvgIpc) is 2.35. The lowest BCUT2D eigenvalue weighted by molar-refractivity contribution is -0.392. The predicted octanol–water partition coefficient (Wildman–Crippen LogP) is 2.50. The molecule has 0 fully saturated rings. The Morgan fingerprint density at radius 3 is 1.86 bits per heavy atom.